The van der Waals surface area contributed by atoms with Gasteiger partial charge in [-0.2, -0.15) is 48.3 Å². The first-order valence-corrected chi connectivity index (χ1v) is 3.30. The van der Waals surface area contributed by atoms with Crippen LogP contribution in [0.3, 0.4) is 0 Å². The second-order valence-corrected chi connectivity index (χ2v) is 2.76. The van der Waals surface area contributed by atoms with Gasteiger partial charge in [0.1, 0.15) is 0 Å². The predicted octanol–water partition coefficient (Wildman–Crippen LogP) is 3.04. The van der Waals surface area contributed by atoms with Crippen molar-refractivity contribution in [3.8, 4) is 0 Å². The second-order valence-electron chi connectivity index (χ2n) is 2.76. The number of halogens is 11. The Morgan fingerprint density at radius 3 is 0.941 bits per heavy atom. The molecular weight excluding hydrogens is 285 g/mol. The van der Waals surface area contributed by atoms with Crippen molar-refractivity contribution >= 4 is 0 Å². The van der Waals surface area contributed by atoms with Gasteiger partial charge in [0.2, 0.25) is 0 Å². The van der Waals surface area contributed by atoms with Crippen LogP contribution in [0.15, 0.2) is 0 Å². The molecule has 0 aromatic rings. The smallest absolute Gasteiger partial charge is 0.331 e. The third kappa shape index (κ3) is 2.13. The van der Waals surface area contributed by atoms with Crippen LogP contribution < -0.4 is 0 Å². The van der Waals surface area contributed by atoms with E-state index in [-0.39, 0.29) is 0 Å². The first-order chi connectivity index (χ1) is 7.00. The van der Waals surface area contributed by atoms with Crippen molar-refractivity contribution in [3.05, 3.63) is 0 Å². The van der Waals surface area contributed by atoms with Crippen molar-refractivity contribution < 1.29 is 53.4 Å². The van der Waals surface area contributed by atoms with Crippen LogP contribution in [0.1, 0.15) is 0 Å². The van der Waals surface area contributed by atoms with Gasteiger partial charge in [0.05, 0.1) is 0 Å². The lowest BCUT2D eigenvalue weighted by Crippen LogP contribution is -2.66. The minimum absolute atomic E-state index is 6.76. The highest BCUT2D eigenvalue weighted by atomic mass is 19.4. The Balaban J connectivity index is 5.73. The van der Waals surface area contributed by atoms with Gasteiger partial charge in [0.25, 0.3) is 0 Å². The Morgan fingerprint density at radius 1 is 0.471 bits per heavy atom. The molecule has 0 aliphatic heterocycles. The molecule has 0 rings (SSSR count). The van der Waals surface area contributed by atoms with E-state index in [2.05, 4.69) is 0 Å². The van der Waals surface area contributed by atoms with Crippen LogP contribution in [0.2, 0.25) is 0 Å². The van der Waals surface area contributed by atoms with Crippen LogP contribution >= 0.6 is 0 Å². The van der Waals surface area contributed by atoms with Crippen LogP contribution in [0.5, 0.6) is 0 Å². The van der Waals surface area contributed by atoms with E-state index in [0.29, 0.717) is 0 Å². The monoisotopic (exact) mass is 286 g/mol. The lowest BCUT2D eigenvalue weighted by atomic mass is 10.0. The maximum atomic E-state index is 12.1. The van der Waals surface area contributed by atoms with Gasteiger partial charge >= 0.3 is 30.1 Å². The zero-order valence-electron chi connectivity index (χ0n) is 7.10. The summed E-state index contributed by atoms with van der Waals surface area (Å²) in [5.41, 5.74) is 0. The third-order valence-corrected chi connectivity index (χ3v) is 1.52. The minimum Gasteiger partial charge on any atom is -0.331 e. The van der Waals surface area contributed by atoms with Crippen LogP contribution in [-0.2, 0) is 0 Å². The first-order valence-electron chi connectivity index (χ1n) is 3.30. The fourth-order valence-electron chi connectivity index (χ4n) is 0.564. The zero-order valence-corrected chi connectivity index (χ0v) is 7.10. The molecule has 17 heavy (non-hydrogen) atoms. The molecule has 12 heteroatoms. The molecule has 0 aromatic heterocycles. The summed E-state index contributed by atoms with van der Waals surface area (Å²) in [4.78, 5) is 0. The molecule has 0 atom stereocenters. The predicted molar refractivity (Wildman–Crippen MR) is 28.1 cm³/mol. The molecule has 0 heterocycles. The minimum atomic E-state index is -7.53. The maximum Gasteiger partial charge on any atom is 0.460 e. The van der Waals surface area contributed by atoms with Crippen molar-refractivity contribution in [2.45, 2.75) is 30.1 Å². The molecule has 0 radical (unpaired) electrons. The van der Waals surface area contributed by atoms with Gasteiger partial charge in [0.15, 0.2) is 0 Å². The van der Waals surface area contributed by atoms with Gasteiger partial charge in [-0.3, -0.25) is 0 Å². The third-order valence-electron chi connectivity index (χ3n) is 1.52. The van der Waals surface area contributed by atoms with E-state index in [1.165, 1.54) is 0 Å². The Morgan fingerprint density at radius 2 is 0.765 bits per heavy atom. The van der Waals surface area contributed by atoms with Gasteiger partial charge in [-0.1, -0.05) is 0 Å². The molecule has 0 unspecified atom stereocenters. The van der Waals surface area contributed by atoms with E-state index >= 15 is 0 Å². The fraction of sp³-hybridized carbons (Fsp3) is 1.00. The SMILES string of the molecule is OC(F)(F)C(F)(F)C(F)(F)C(F)(F)C(F)(F)F. The van der Waals surface area contributed by atoms with Crippen LogP contribution in [-0.4, -0.2) is 35.2 Å². The maximum absolute atomic E-state index is 12.1. The Labute approximate surface area is 84.8 Å². The van der Waals surface area contributed by atoms with Crippen molar-refractivity contribution in [1.29, 1.82) is 0 Å². The van der Waals surface area contributed by atoms with E-state index in [0.717, 1.165) is 0 Å². The average molecular weight is 286 g/mol. The molecule has 104 valence electrons. The summed E-state index contributed by atoms with van der Waals surface area (Å²) in [6.07, 6.45) is -14.0. The van der Waals surface area contributed by atoms with Gasteiger partial charge in [-0.15, -0.1) is 0 Å². The molecule has 0 amide bonds. The highest BCUT2D eigenvalue weighted by Gasteiger charge is 2.87. The summed E-state index contributed by atoms with van der Waals surface area (Å²) in [5, 5.41) is 7.25. The molecule has 0 saturated heterocycles. The summed E-state index contributed by atoms with van der Waals surface area (Å²) in [7, 11) is 0. The molecule has 0 spiro atoms. The van der Waals surface area contributed by atoms with Crippen molar-refractivity contribution in [3.63, 3.8) is 0 Å². The molecule has 1 N–H and O–H groups in total. The van der Waals surface area contributed by atoms with Gasteiger partial charge in [-0.25, -0.2) is 0 Å². The largest absolute Gasteiger partial charge is 0.460 e. The number of aliphatic hydroxyl groups is 1. The molecule has 0 fully saturated rings. The van der Waals surface area contributed by atoms with Crippen LogP contribution in [0.4, 0.5) is 48.3 Å². The Kier molecular flexibility index (Phi) is 3.42. The standard InChI is InChI=1S/C5HF11O/c6-1(7,2(8,9)4(12,13)14)3(10,11)5(15,16)17/h17H. The van der Waals surface area contributed by atoms with E-state index < -0.39 is 30.1 Å². The van der Waals surface area contributed by atoms with Gasteiger partial charge < -0.3 is 5.11 Å². The summed E-state index contributed by atoms with van der Waals surface area (Å²) in [5.74, 6) is -22.3. The first kappa shape index (κ1) is 16.2. The number of hydrogen-bond acceptors (Lipinski definition) is 1. The normalized spacial score (nSPS) is 16.2. The van der Waals surface area contributed by atoms with Crippen LogP contribution in [0, 0.1) is 0 Å². The van der Waals surface area contributed by atoms with E-state index in [9.17, 15) is 48.3 Å². The van der Waals surface area contributed by atoms with E-state index in [4.69, 9.17) is 5.11 Å². The number of hydrogen-bond donors (Lipinski definition) is 1. The highest BCUT2D eigenvalue weighted by molar-refractivity contribution is 5.03. The quantitative estimate of drug-likeness (QED) is 0.791. The van der Waals surface area contributed by atoms with Crippen molar-refractivity contribution in [2.24, 2.45) is 0 Å². The summed E-state index contributed by atoms with van der Waals surface area (Å²) in [6, 6.07) is 0. The lowest BCUT2D eigenvalue weighted by Gasteiger charge is -2.34. The zero-order chi connectivity index (χ0) is 14.5. The number of alkyl halides is 11. The van der Waals surface area contributed by atoms with Crippen LogP contribution in [0.25, 0.3) is 0 Å². The van der Waals surface area contributed by atoms with Crippen molar-refractivity contribution in [1.82, 2.24) is 0 Å². The number of rotatable bonds is 3. The molecule has 0 aliphatic carbocycles. The fourth-order valence-corrected chi connectivity index (χ4v) is 0.564. The van der Waals surface area contributed by atoms with Gasteiger partial charge in [0, 0.05) is 0 Å². The average Bonchev–Trinajstić information content (AvgIpc) is 1.98. The Hall–Kier alpha value is -0.810. The molecular formula is C5HF11O. The van der Waals surface area contributed by atoms with E-state index in [1.807, 2.05) is 0 Å². The lowest BCUT2D eigenvalue weighted by molar-refractivity contribution is -0.450. The summed E-state index contributed by atoms with van der Waals surface area (Å²) < 4.78 is 129. The second kappa shape index (κ2) is 3.59. The van der Waals surface area contributed by atoms with E-state index in [1.54, 1.807) is 0 Å². The van der Waals surface area contributed by atoms with Gasteiger partial charge in [-0.05, 0) is 0 Å². The van der Waals surface area contributed by atoms with Crippen molar-refractivity contribution in [2.75, 3.05) is 0 Å². The molecule has 0 bridgehead atoms. The molecule has 0 saturated carbocycles. The molecule has 0 aliphatic rings. The molecule has 1 nitrogen and oxygen atoms in total. The topological polar surface area (TPSA) is 20.2 Å². The highest BCUT2D eigenvalue weighted by Crippen LogP contribution is 2.56. The summed E-state index contributed by atoms with van der Waals surface area (Å²) in [6.45, 7) is 0. The summed E-state index contributed by atoms with van der Waals surface area (Å²) >= 11 is 0. The Bertz CT molecular complexity index is 255. The molecule has 0 aromatic carbocycles.